The third kappa shape index (κ3) is 4.09. The van der Waals surface area contributed by atoms with E-state index in [1.165, 1.54) is 4.90 Å². The number of aryl methyl sites for hydroxylation is 2. The lowest BCUT2D eigenvalue weighted by atomic mass is 9.87. The van der Waals surface area contributed by atoms with Gasteiger partial charge in [-0.15, -0.1) is 0 Å². The van der Waals surface area contributed by atoms with Crippen molar-refractivity contribution in [2.24, 2.45) is 0 Å². The molecule has 1 amide bonds. The van der Waals surface area contributed by atoms with Gasteiger partial charge in [-0.1, -0.05) is 29.3 Å². The summed E-state index contributed by atoms with van der Waals surface area (Å²) in [5.41, 5.74) is 2.85. The van der Waals surface area contributed by atoms with Gasteiger partial charge in [0.05, 0.1) is 6.54 Å². The van der Waals surface area contributed by atoms with Gasteiger partial charge >= 0.3 is 6.09 Å². The fraction of sp³-hybridized carbons (Fsp3) is 0.556. The quantitative estimate of drug-likeness (QED) is 0.796. The number of rotatable bonds is 1. The number of benzene rings is 1. The van der Waals surface area contributed by atoms with E-state index >= 15 is 0 Å². The first kappa shape index (κ1) is 16.5. The lowest BCUT2D eigenvalue weighted by molar-refractivity contribution is -0.123. The summed E-state index contributed by atoms with van der Waals surface area (Å²) in [6, 6.07) is 6.24. The minimum atomic E-state index is -0.537. The van der Waals surface area contributed by atoms with E-state index in [0.29, 0.717) is 13.0 Å². The van der Waals surface area contributed by atoms with Crippen LogP contribution in [0, 0.1) is 13.8 Å². The summed E-state index contributed by atoms with van der Waals surface area (Å²) >= 11 is 0. The van der Waals surface area contributed by atoms with Crippen LogP contribution in [0.1, 0.15) is 49.8 Å². The number of nitrogens with zero attached hydrogens (tertiary/aromatic N) is 1. The monoisotopic (exact) mass is 303 g/mol. The van der Waals surface area contributed by atoms with Crippen molar-refractivity contribution in [1.29, 1.82) is 0 Å². The third-order valence-corrected chi connectivity index (χ3v) is 3.72. The van der Waals surface area contributed by atoms with Crippen LogP contribution in [0.25, 0.3) is 0 Å². The molecular formula is C18H25NO3. The van der Waals surface area contributed by atoms with Crippen LogP contribution in [0.4, 0.5) is 4.79 Å². The summed E-state index contributed by atoms with van der Waals surface area (Å²) in [5.74, 6) is -0.0283. The van der Waals surface area contributed by atoms with Gasteiger partial charge in [-0.25, -0.2) is 4.79 Å². The lowest BCUT2D eigenvalue weighted by Crippen LogP contribution is -2.45. The maximum absolute atomic E-state index is 12.4. The first-order chi connectivity index (χ1) is 10.2. The molecule has 1 aliphatic rings. The van der Waals surface area contributed by atoms with Crippen LogP contribution in [0.15, 0.2) is 18.2 Å². The number of carbonyl (C=O) groups is 2. The Labute approximate surface area is 132 Å². The zero-order valence-corrected chi connectivity index (χ0v) is 14.1. The highest BCUT2D eigenvalue weighted by molar-refractivity contribution is 5.91. The van der Waals surface area contributed by atoms with Crippen LogP contribution < -0.4 is 0 Å². The van der Waals surface area contributed by atoms with Gasteiger partial charge in [0.1, 0.15) is 5.60 Å². The van der Waals surface area contributed by atoms with Gasteiger partial charge in [0.25, 0.3) is 0 Å². The molecule has 22 heavy (non-hydrogen) atoms. The van der Waals surface area contributed by atoms with Gasteiger partial charge in [0, 0.05) is 12.5 Å². The summed E-state index contributed by atoms with van der Waals surface area (Å²) in [4.78, 5) is 26.0. The number of carbonyl (C=O) groups excluding carboxylic acids is 2. The molecule has 0 N–H and O–H groups in total. The standard InChI is InChI=1S/C18H25NO3/c1-12-8-13(2)10-14(9-12)15-6-7-19(11-16(15)20)17(21)22-18(3,4)5/h8-10,15H,6-7,11H2,1-5H3/t15-/m1/s1. The molecule has 0 aliphatic carbocycles. The highest BCUT2D eigenvalue weighted by atomic mass is 16.6. The molecule has 1 aliphatic heterocycles. The average Bonchev–Trinajstić information content (AvgIpc) is 2.35. The smallest absolute Gasteiger partial charge is 0.410 e. The van der Waals surface area contributed by atoms with Crippen molar-refractivity contribution in [3.8, 4) is 0 Å². The Morgan fingerprint density at radius 1 is 1.18 bits per heavy atom. The summed E-state index contributed by atoms with van der Waals surface area (Å²) in [7, 11) is 0. The van der Waals surface area contributed by atoms with E-state index < -0.39 is 11.7 Å². The average molecular weight is 303 g/mol. The maximum atomic E-state index is 12.4. The minimum absolute atomic E-state index is 0.0853. The zero-order valence-electron chi connectivity index (χ0n) is 14.1. The van der Waals surface area contributed by atoms with Crippen LogP contribution in [0.2, 0.25) is 0 Å². The van der Waals surface area contributed by atoms with Gasteiger partial charge in [0.2, 0.25) is 0 Å². The van der Waals surface area contributed by atoms with Gasteiger partial charge in [-0.3, -0.25) is 4.79 Å². The largest absolute Gasteiger partial charge is 0.444 e. The Morgan fingerprint density at radius 2 is 1.77 bits per heavy atom. The molecule has 1 atom stereocenters. The van der Waals surface area contributed by atoms with E-state index in [1.54, 1.807) is 0 Å². The number of piperidine rings is 1. The van der Waals surface area contributed by atoms with Crippen LogP contribution in [-0.2, 0) is 9.53 Å². The predicted molar refractivity (Wildman–Crippen MR) is 86.1 cm³/mol. The van der Waals surface area contributed by atoms with Crippen molar-refractivity contribution in [2.45, 2.75) is 52.6 Å². The molecule has 0 bridgehead atoms. The molecule has 1 fully saturated rings. The second kappa shape index (κ2) is 6.11. The molecule has 0 aromatic heterocycles. The number of amides is 1. The highest BCUT2D eigenvalue weighted by Crippen LogP contribution is 2.27. The molecule has 4 heteroatoms. The molecule has 1 heterocycles. The van der Waals surface area contributed by atoms with Gasteiger partial charge in [-0.2, -0.15) is 0 Å². The van der Waals surface area contributed by atoms with Crippen molar-refractivity contribution >= 4 is 11.9 Å². The predicted octanol–water partition coefficient (Wildman–Crippen LogP) is 3.60. The highest BCUT2D eigenvalue weighted by Gasteiger charge is 2.32. The molecule has 1 aromatic carbocycles. The van der Waals surface area contributed by atoms with Gasteiger partial charge in [-0.05, 0) is 46.6 Å². The van der Waals surface area contributed by atoms with Gasteiger partial charge in [0.15, 0.2) is 5.78 Å². The van der Waals surface area contributed by atoms with Gasteiger partial charge < -0.3 is 9.64 Å². The third-order valence-electron chi connectivity index (χ3n) is 3.72. The van der Waals surface area contributed by atoms with Crippen LogP contribution in [0.5, 0.6) is 0 Å². The molecule has 0 saturated carbocycles. The summed E-state index contributed by atoms with van der Waals surface area (Å²) in [5, 5.41) is 0. The molecule has 2 rings (SSSR count). The topological polar surface area (TPSA) is 46.6 Å². The van der Waals surface area contributed by atoms with Crippen molar-refractivity contribution < 1.29 is 14.3 Å². The molecule has 4 nitrogen and oxygen atoms in total. The Hall–Kier alpha value is -1.84. The number of hydrogen-bond acceptors (Lipinski definition) is 3. The number of Topliss-reactive ketones (excluding diaryl/α,β-unsaturated/α-hetero) is 1. The van der Waals surface area contributed by atoms with Crippen molar-refractivity contribution in [1.82, 2.24) is 4.90 Å². The minimum Gasteiger partial charge on any atom is -0.444 e. The Bertz CT molecular complexity index is 566. The fourth-order valence-corrected chi connectivity index (χ4v) is 2.87. The first-order valence-electron chi connectivity index (χ1n) is 7.74. The summed E-state index contributed by atoms with van der Waals surface area (Å²) < 4.78 is 5.34. The molecule has 0 unspecified atom stereocenters. The Balaban J connectivity index is 2.07. The molecule has 1 aromatic rings. The molecular weight excluding hydrogens is 278 g/mol. The molecule has 1 saturated heterocycles. The summed E-state index contributed by atoms with van der Waals surface area (Å²) in [6.45, 7) is 10.2. The van der Waals surface area contributed by atoms with Crippen LogP contribution in [-0.4, -0.2) is 35.5 Å². The Morgan fingerprint density at radius 3 is 2.27 bits per heavy atom. The molecule has 0 radical (unpaired) electrons. The van der Waals surface area contributed by atoms with Crippen LogP contribution >= 0.6 is 0 Å². The number of ether oxygens (including phenoxy) is 1. The van der Waals surface area contributed by atoms with Crippen LogP contribution in [0.3, 0.4) is 0 Å². The lowest BCUT2D eigenvalue weighted by Gasteiger charge is -2.32. The zero-order chi connectivity index (χ0) is 16.5. The van der Waals surface area contributed by atoms with Crippen molar-refractivity contribution in [3.63, 3.8) is 0 Å². The SMILES string of the molecule is Cc1cc(C)cc([C@H]2CCN(C(=O)OC(C)(C)C)CC2=O)c1. The fourth-order valence-electron chi connectivity index (χ4n) is 2.87. The van der Waals surface area contributed by atoms with E-state index in [0.717, 1.165) is 16.7 Å². The van der Waals surface area contributed by atoms with E-state index in [4.69, 9.17) is 4.74 Å². The Kier molecular flexibility index (Phi) is 4.59. The molecule has 120 valence electrons. The number of ketones is 1. The van der Waals surface area contributed by atoms with E-state index in [1.807, 2.05) is 34.6 Å². The van der Waals surface area contributed by atoms with Crippen molar-refractivity contribution in [3.05, 3.63) is 34.9 Å². The van der Waals surface area contributed by atoms with E-state index in [9.17, 15) is 9.59 Å². The maximum Gasteiger partial charge on any atom is 0.410 e. The second-order valence-corrected chi connectivity index (χ2v) is 7.13. The first-order valence-corrected chi connectivity index (χ1v) is 7.74. The number of likely N-dealkylation sites (tertiary alicyclic amines) is 1. The summed E-state index contributed by atoms with van der Waals surface area (Å²) in [6.07, 6.45) is 0.251. The molecule has 0 spiro atoms. The van der Waals surface area contributed by atoms with Crippen molar-refractivity contribution in [2.75, 3.05) is 13.1 Å². The number of hydrogen-bond donors (Lipinski definition) is 0. The van der Waals surface area contributed by atoms with E-state index in [2.05, 4.69) is 18.2 Å². The van der Waals surface area contributed by atoms with E-state index in [-0.39, 0.29) is 18.2 Å². The normalized spacial score (nSPS) is 19.2. The second-order valence-electron chi connectivity index (χ2n) is 7.13.